The van der Waals surface area contributed by atoms with E-state index in [1.807, 2.05) is 12.1 Å². The van der Waals surface area contributed by atoms with Gasteiger partial charge in [0.1, 0.15) is 18.0 Å². The number of halogens is 1. The normalized spacial score (nSPS) is 19.0. The summed E-state index contributed by atoms with van der Waals surface area (Å²) in [7, 11) is 1.72. The number of likely N-dealkylation sites (tertiary alicyclic amines) is 1. The number of methoxy groups -OCH3 is 1. The lowest BCUT2D eigenvalue weighted by molar-refractivity contribution is -0.118. The van der Waals surface area contributed by atoms with E-state index < -0.39 is 5.60 Å². The number of ether oxygens (including phenoxy) is 3. The molecule has 1 N–H and O–H groups in total. The summed E-state index contributed by atoms with van der Waals surface area (Å²) in [6, 6.07) is 14.7. The minimum atomic E-state index is -0.411. The Labute approximate surface area is 196 Å². The molecular formula is C26H35FN2O4. The Hall–Kier alpha value is -2.64. The number of nitrogens with one attached hydrogen (secondary N) is 1. The molecule has 0 saturated carbocycles. The number of amides is 1. The number of rotatable bonds is 11. The lowest BCUT2D eigenvalue weighted by Gasteiger charge is -2.31. The van der Waals surface area contributed by atoms with E-state index in [-0.39, 0.29) is 17.5 Å². The summed E-state index contributed by atoms with van der Waals surface area (Å²) >= 11 is 0. The molecule has 3 rings (SSSR count). The van der Waals surface area contributed by atoms with Crippen molar-refractivity contribution in [2.45, 2.75) is 44.8 Å². The van der Waals surface area contributed by atoms with Crippen LogP contribution in [-0.2, 0) is 16.1 Å². The van der Waals surface area contributed by atoms with Crippen LogP contribution in [-0.4, -0.2) is 56.4 Å². The summed E-state index contributed by atoms with van der Waals surface area (Å²) in [5, 5.41) is 2.76. The van der Waals surface area contributed by atoms with Crippen LogP contribution < -0.4 is 14.8 Å². The summed E-state index contributed by atoms with van der Waals surface area (Å²) in [6.45, 7) is 5.76. The third-order valence-corrected chi connectivity index (χ3v) is 6.04. The predicted molar refractivity (Wildman–Crippen MR) is 126 cm³/mol. The van der Waals surface area contributed by atoms with Gasteiger partial charge in [-0.2, -0.15) is 0 Å². The van der Waals surface area contributed by atoms with Crippen LogP contribution in [0.15, 0.2) is 48.5 Å². The second-order valence-corrected chi connectivity index (χ2v) is 8.56. The zero-order valence-corrected chi connectivity index (χ0v) is 19.6. The molecular weight excluding hydrogens is 423 g/mol. The van der Waals surface area contributed by atoms with Crippen molar-refractivity contribution in [3.63, 3.8) is 0 Å². The highest BCUT2D eigenvalue weighted by Crippen LogP contribution is 2.29. The first-order valence-corrected chi connectivity index (χ1v) is 11.6. The molecule has 1 fully saturated rings. The van der Waals surface area contributed by atoms with Gasteiger partial charge in [-0.3, -0.25) is 9.69 Å². The molecule has 1 unspecified atom stereocenters. The summed E-state index contributed by atoms with van der Waals surface area (Å²) in [5.41, 5.74) is 0.819. The van der Waals surface area contributed by atoms with E-state index in [9.17, 15) is 9.18 Å². The monoisotopic (exact) mass is 458 g/mol. The maximum Gasteiger partial charge on any atom is 0.216 e. The fourth-order valence-electron chi connectivity index (χ4n) is 4.04. The Morgan fingerprint density at radius 3 is 2.61 bits per heavy atom. The third kappa shape index (κ3) is 8.02. The number of benzene rings is 2. The number of carbonyl (C=O) groups excluding carboxylic acids is 1. The SMILES string of the molecule is COC1(COc2ccccc2F)CCCN(Cc2ccc(OCCCNC(C)=O)cc2)CC1. The largest absolute Gasteiger partial charge is 0.494 e. The highest BCUT2D eigenvalue weighted by Gasteiger charge is 2.33. The molecule has 1 saturated heterocycles. The van der Waals surface area contributed by atoms with Crippen LogP contribution in [0.3, 0.4) is 0 Å². The second-order valence-electron chi connectivity index (χ2n) is 8.56. The highest BCUT2D eigenvalue weighted by atomic mass is 19.1. The first-order valence-electron chi connectivity index (χ1n) is 11.6. The quantitative estimate of drug-likeness (QED) is 0.512. The fourth-order valence-corrected chi connectivity index (χ4v) is 4.04. The molecule has 1 atom stereocenters. The Balaban J connectivity index is 1.46. The molecule has 1 aliphatic rings. The van der Waals surface area contributed by atoms with Crippen LogP contribution in [0.4, 0.5) is 4.39 Å². The molecule has 180 valence electrons. The number of carbonyl (C=O) groups is 1. The molecule has 1 heterocycles. The van der Waals surface area contributed by atoms with Crippen LogP contribution in [0.1, 0.15) is 38.2 Å². The van der Waals surface area contributed by atoms with E-state index in [1.54, 1.807) is 25.3 Å². The molecule has 33 heavy (non-hydrogen) atoms. The van der Waals surface area contributed by atoms with Gasteiger partial charge in [0, 0.05) is 33.7 Å². The zero-order valence-electron chi connectivity index (χ0n) is 19.6. The van der Waals surface area contributed by atoms with Crippen LogP contribution in [0, 0.1) is 5.82 Å². The molecule has 2 aromatic rings. The smallest absolute Gasteiger partial charge is 0.216 e. The molecule has 0 radical (unpaired) electrons. The average Bonchev–Trinajstić information content (AvgIpc) is 3.02. The summed E-state index contributed by atoms with van der Waals surface area (Å²) < 4.78 is 31.4. The second kappa shape index (κ2) is 12.6. The minimum absolute atomic E-state index is 0.0202. The van der Waals surface area contributed by atoms with Gasteiger partial charge in [-0.1, -0.05) is 24.3 Å². The molecule has 0 bridgehead atoms. The predicted octanol–water partition coefficient (Wildman–Crippen LogP) is 4.18. The van der Waals surface area contributed by atoms with E-state index in [4.69, 9.17) is 14.2 Å². The molecule has 7 heteroatoms. The van der Waals surface area contributed by atoms with Crippen molar-refractivity contribution in [2.75, 3.05) is 40.0 Å². The van der Waals surface area contributed by atoms with Gasteiger partial charge in [0.2, 0.25) is 5.91 Å². The lowest BCUT2D eigenvalue weighted by atomic mass is 9.95. The van der Waals surface area contributed by atoms with Gasteiger partial charge in [0.15, 0.2) is 11.6 Å². The Bertz CT molecular complexity index is 877. The van der Waals surface area contributed by atoms with Crippen molar-refractivity contribution in [1.29, 1.82) is 0 Å². The summed E-state index contributed by atoms with van der Waals surface area (Å²) in [5.74, 6) is 0.737. The van der Waals surface area contributed by atoms with Crippen molar-refractivity contribution >= 4 is 5.91 Å². The minimum Gasteiger partial charge on any atom is -0.494 e. The number of hydrogen-bond donors (Lipinski definition) is 1. The van der Waals surface area contributed by atoms with Crippen molar-refractivity contribution in [2.24, 2.45) is 0 Å². The van der Waals surface area contributed by atoms with Crippen molar-refractivity contribution < 1.29 is 23.4 Å². The zero-order chi connectivity index (χ0) is 23.5. The molecule has 0 aliphatic carbocycles. The van der Waals surface area contributed by atoms with Crippen LogP contribution in [0.5, 0.6) is 11.5 Å². The molecule has 1 aliphatic heterocycles. The van der Waals surface area contributed by atoms with Crippen molar-refractivity contribution in [3.8, 4) is 11.5 Å². The van der Waals surface area contributed by atoms with Crippen LogP contribution in [0.2, 0.25) is 0 Å². The van der Waals surface area contributed by atoms with Crippen LogP contribution >= 0.6 is 0 Å². The number of hydrogen-bond acceptors (Lipinski definition) is 5. The summed E-state index contributed by atoms with van der Waals surface area (Å²) in [6.07, 6.45) is 3.47. The van der Waals surface area contributed by atoms with E-state index in [0.29, 0.717) is 19.8 Å². The molecule has 2 aromatic carbocycles. The maximum atomic E-state index is 13.9. The topological polar surface area (TPSA) is 60.0 Å². The number of para-hydroxylation sites is 1. The van der Waals surface area contributed by atoms with E-state index >= 15 is 0 Å². The lowest BCUT2D eigenvalue weighted by Crippen LogP contribution is -2.39. The molecule has 0 aromatic heterocycles. The standard InChI is InChI=1S/C26H35FN2O4/c1-21(30)28-15-6-18-32-23-11-9-22(10-12-23)19-29-16-5-13-26(31-2,14-17-29)20-33-25-8-4-3-7-24(25)27/h3-4,7-12H,5-6,13-20H2,1-2H3,(H,28,30). The van der Waals surface area contributed by atoms with Crippen molar-refractivity contribution in [3.05, 3.63) is 59.9 Å². The number of nitrogens with zero attached hydrogens (tertiary/aromatic N) is 1. The maximum absolute atomic E-state index is 13.9. The van der Waals surface area contributed by atoms with Crippen molar-refractivity contribution in [1.82, 2.24) is 10.2 Å². The first kappa shape index (κ1) is 25.0. The molecule has 0 spiro atoms. The first-order chi connectivity index (χ1) is 16.0. The Morgan fingerprint density at radius 1 is 1.09 bits per heavy atom. The van der Waals surface area contributed by atoms with E-state index in [1.165, 1.54) is 18.6 Å². The highest BCUT2D eigenvalue weighted by molar-refractivity contribution is 5.72. The van der Waals surface area contributed by atoms with Gasteiger partial charge in [-0.15, -0.1) is 0 Å². The van der Waals surface area contributed by atoms with Crippen LogP contribution in [0.25, 0.3) is 0 Å². The van der Waals surface area contributed by atoms with Gasteiger partial charge in [0.25, 0.3) is 0 Å². The van der Waals surface area contributed by atoms with Gasteiger partial charge in [-0.05, 0) is 62.1 Å². The van der Waals surface area contributed by atoms with Gasteiger partial charge in [-0.25, -0.2) is 4.39 Å². The third-order valence-electron chi connectivity index (χ3n) is 6.04. The van der Waals surface area contributed by atoms with Gasteiger partial charge in [0.05, 0.1) is 6.61 Å². The summed E-state index contributed by atoms with van der Waals surface area (Å²) in [4.78, 5) is 13.3. The van der Waals surface area contributed by atoms with Gasteiger partial charge >= 0.3 is 0 Å². The molecule has 1 amide bonds. The molecule has 6 nitrogen and oxygen atoms in total. The van der Waals surface area contributed by atoms with Gasteiger partial charge < -0.3 is 19.5 Å². The Kier molecular flexibility index (Phi) is 9.51. The van der Waals surface area contributed by atoms with E-state index in [2.05, 4.69) is 22.3 Å². The Morgan fingerprint density at radius 2 is 1.88 bits per heavy atom. The van der Waals surface area contributed by atoms with E-state index in [0.717, 1.165) is 51.1 Å². The average molecular weight is 459 g/mol. The fraction of sp³-hybridized carbons (Fsp3) is 0.500.